The summed E-state index contributed by atoms with van der Waals surface area (Å²) < 4.78 is 5.77. The zero-order chi connectivity index (χ0) is 24.1. The summed E-state index contributed by atoms with van der Waals surface area (Å²) >= 11 is 6.96. The molecular weight excluding hydrogens is 472 g/mol. The van der Waals surface area contributed by atoms with E-state index in [1.807, 2.05) is 49.4 Å². The van der Waals surface area contributed by atoms with Crippen molar-refractivity contribution in [2.75, 3.05) is 11.9 Å². The van der Waals surface area contributed by atoms with Crippen LogP contribution in [0.2, 0.25) is 5.02 Å². The third kappa shape index (κ3) is 5.87. The summed E-state index contributed by atoms with van der Waals surface area (Å²) in [7, 11) is 0. The van der Waals surface area contributed by atoms with Crippen molar-refractivity contribution < 1.29 is 19.1 Å². The monoisotopic (exact) mass is 492 g/mol. The van der Waals surface area contributed by atoms with Crippen molar-refractivity contribution in [3.8, 4) is 5.75 Å². The summed E-state index contributed by atoms with van der Waals surface area (Å²) in [4.78, 5) is 38.6. The van der Waals surface area contributed by atoms with E-state index in [-0.39, 0.29) is 11.4 Å². The van der Waals surface area contributed by atoms with E-state index in [9.17, 15) is 14.4 Å². The summed E-state index contributed by atoms with van der Waals surface area (Å²) in [6, 6.07) is 21.9. The summed E-state index contributed by atoms with van der Waals surface area (Å²) in [6.45, 7) is 1.90. The lowest BCUT2D eigenvalue weighted by Gasteiger charge is -2.12. The van der Waals surface area contributed by atoms with Crippen molar-refractivity contribution >= 4 is 52.2 Å². The molecule has 0 radical (unpaired) electrons. The highest BCUT2D eigenvalue weighted by atomic mass is 35.5. The van der Waals surface area contributed by atoms with Gasteiger partial charge in [-0.3, -0.25) is 19.3 Å². The molecule has 0 saturated carbocycles. The number of nitrogens with zero attached hydrogens (tertiary/aromatic N) is 1. The molecule has 1 heterocycles. The first-order valence-electron chi connectivity index (χ1n) is 10.5. The molecule has 3 amide bonds. The van der Waals surface area contributed by atoms with Crippen LogP contribution in [0.1, 0.15) is 16.7 Å². The third-order valence-electron chi connectivity index (χ3n) is 5.01. The van der Waals surface area contributed by atoms with Crippen LogP contribution in [0.25, 0.3) is 6.08 Å². The Labute approximate surface area is 206 Å². The number of carbonyl (C=O) groups excluding carboxylic acids is 3. The van der Waals surface area contributed by atoms with E-state index in [1.54, 1.807) is 36.4 Å². The second-order valence-corrected chi connectivity index (χ2v) is 9.04. The highest BCUT2D eigenvalue weighted by Crippen LogP contribution is 2.32. The van der Waals surface area contributed by atoms with Crippen molar-refractivity contribution in [3.05, 3.63) is 99.4 Å². The minimum Gasteiger partial charge on any atom is -0.489 e. The average Bonchev–Trinajstić information content (AvgIpc) is 3.07. The Bertz CT molecular complexity index is 1270. The number of hydrogen-bond donors (Lipinski definition) is 1. The second kappa shape index (κ2) is 10.6. The molecule has 0 aromatic heterocycles. The van der Waals surface area contributed by atoms with Gasteiger partial charge in [-0.05, 0) is 66.2 Å². The molecule has 6 nitrogen and oxygen atoms in total. The normalized spacial score (nSPS) is 14.5. The van der Waals surface area contributed by atoms with Crippen LogP contribution in [-0.4, -0.2) is 28.5 Å². The third-order valence-corrected chi connectivity index (χ3v) is 6.28. The van der Waals surface area contributed by atoms with Gasteiger partial charge in [0.2, 0.25) is 5.91 Å². The molecule has 0 spiro atoms. The summed E-state index contributed by atoms with van der Waals surface area (Å²) in [6.07, 6.45) is 1.63. The van der Waals surface area contributed by atoms with Gasteiger partial charge in [-0.2, -0.15) is 0 Å². The van der Waals surface area contributed by atoms with Crippen LogP contribution in [0.15, 0.2) is 77.7 Å². The standard InChI is InChI=1S/C26H21ClN2O4S/c1-17-5-4-7-20(13-17)28-24(30)15-29-25(31)23(34-26(29)32)14-18-9-11-21(12-10-18)33-16-19-6-2-3-8-22(19)27/h2-14H,15-16H2,1H3,(H,28,30)/b23-14-. The van der Waals surface area contributed by atoms with E-state index in [4.69, 9.17) is 16.3 Å². The highest BCUT2D eigenvalue weighted by molar-refractivity contribution is 8.18. The first-order valence-corrected chi connectivity index (χ1v) is 11.7. The van der Waals surface area contributed by atoms with E-state index >= 15 is 0 Å². The van der Waals surface area contributed by atoms with Gasteiger partial charge in [0.05, 0.1) is 4.91 Å². The lowest BCUT2D eigenvalue weighted by atomic mass is 10.2. The number of halogens is 1. The number of thioether (sulfide) groups is 1. The molecule has 1 aliphatic rings. The highest BCUT2D eigenvalue weighted by Gasteiger charge is 2.36. The van der Waals surface area contributed by atoms with E-state index in [0.717, 1.165) is 33.4 Å². The fourth-order valence-electron chi connectivity index (χ4n) is 3.29. The van der Waals surface area contributed by atoms with Crippen LogP contribution in [0.5, 0.6) is 5.75 Å². The number of imide groups is 1. The predicted octanol–water partition coefficient (Wildman–Crippen LogP) is 5.90. The summed E-state index contributed by atoms with van der Waals surface area (Å²) in [5.74, 6) is -0.277. The van der Waals surface area contributed by atoms with Gasteiger partial charge in [0, 0.05) is 16.3 Å². The molecule has 1 saturated heterocycles. The Morgan fingerprint density at radius 3 is 2.56 bits per heavy atom. The molecule has 0 aliphatic carbocycles. The van der Waals surface area contributed by atoms with Gasteiger partial charge < -0.3 is 10.1 Å². The molecule has 8 heteroatoms. The van der Waals surface area contributed by atoms with Crippen LogP contribution < -0.4 is 10.1 Å². The van der Waals surface area contributed by atoms with Gasteiger partial charge in [0.15, 0.2) is 0 Å². The average molecular weight is 493 g/mol. The smallest absolute Gasteiger partial charge is 0.294 e. The molecule has 0 unspecified atom stereocenters. The number of rotatable bonds is 7. The molecule has 1 N–H and O–H groups in total. The maximum atomic E-state index is 12.7. The minimum absolute atomic E-state index is 0.262. The van der Waals surface area contributed by atoms with Gasteiger partial charge in [-0.1, -0.05) is 54.1 Å². The number of hydrogen-bond acceptors (Lipinski definition) is 5. The Balaban J connectivity index is 1.36. The maximum absolute atomic E-state index is 12.7. The van der Waals surface area contributed by atoms with Crippen LogP contribution >= 0.6 is 23.4 Å². The van der Waals surface area contributed by atoms with Crippen molar-refractivity contribution in [3.63, 3.8) is 0 Å². The van der Waals surface area contributed by atoms with Gasteiger partial charge in [-0.25, -0.2) is 0 Å². The van der Waals surface area contributed by atoms with Gasteiger partial charge in [0.1, 0.15) is 18.9 Å². The van der Waals surface area contributed by atoms with Gasteiger partial charge in [-0.15, -0.1) is 0 Å². The van der Waals surface area contributed by atoms with Crippen molar-refractivity contribution in [2.24, 2.45) is 0 Å². The molecule has 3 aromatic carbocycles. The fraction of sp³-hybridized carbons (Fsp3) is 0.115. The Kier molecular flexibility index (Phi) is 7.35. The van der Waals surface area contributed by atoms with Gasteiger partial charge in [0.25, 0.3) is 11.1 Å². The van der Waals surface area contributed by atoms with Crippen LogP contribution in [-0.2, 0) is 16.2 Å². The van der Waals surface area contributed by atoms with E-state index < -0.39 is 17.1 Å². The topological polar surface area (TPSA) is 75.7 Å². The summed E-state index contributed by atoms with van der Waals surface area (Å²) in [5, 5.41) is 2.88. The van der Waals surface area contributed by atoms with E-state index in [0.29, 0.717) is 23.1 Å². The largest absolute Gasteiger partial charge is 0.489 e. The Morgan fingerprint density at radius 1 is 1.06 bits per heavy atom. The van der Waals surface area contributed by atoms with Crippen LogP contribution in [0, 0.1) is 6.92 Å². The lowest BCUT2D eigenvalue weighted by Crippen LogP contribution is -2.36. The van der Waals surface area contributed by atoms with Crippen LogP contribution in [0.4, 0.5) is 10.5 Å². The first kappa shape index (κ1) is 23.6. The molecule has 4 rings (SSSR count). The van der Waals surface area contributed by atoms with Gasteiger partial charge >= 0.3 is 0 Å². The van der Waals surface area contributed by atoms with Crippen LogP contribution in [0.3, 0.4) is 0 Å². The number of benzene rings is 3. The SMILES string of the molecule is Cc1cccc(NC(=O)CN2C(=O)S/C(=C\c3ccc(OCc4ccccc4Cl)cc3)C2=O)c1. The molecule has 1 aliphatic heterocycles. The first-order chi connectivity index (χ1) is 16.4. The number of nitrogens with one attached hydrogen (secondary N) is 1. The molecule has 34 heavy (non-hydrogen) atoms. The minimum atomic E-state index is -0.492. The number of anilines is 1. The number of ether oxygens (including phenoxy) is 1. The number of aryl methyl sites for hydroxylation is 1. The molecule has 1 fully saturated rings. The van der Waals surface area contributed by atoms with E-state index in [1.165, 1.54) is 0 Å². The second-order valence-electron chi connectivity index (χ2n) is 7.63. The van der Waals surface area contributed by atoms with Crippen molar-refractivity contribution in [1.82, 2.24) is 4.90 Å². The van der Waals surface area contributed by atoms with Crippen molar-refractivity contribution in [2.45, 2.75) is 13.5 Å². The Morgan fingerprint density at radius 2 is 1.82 bits per heavy atom. The number of amides is 3. The Hall–Kier alpha value is -3.55. The zero-order valence-electron chi connectivity index (χ0n) is 18.3. The molecule has 172 valence electrons. The maximum Gasteiger partial charge on any atom is 0.294 e. The van der Waals surface area contributed by atoms with Crippen molar-refractivity contribution in [1.29, 1.82) is 0 Å². The molecule has 3 aromatic rings. The fourth-order valence-corrected chi connectivity index (χ4v) is 4.32. The molecule has 0 bridgehead atoms. The molecular formula is C26H21ClN2O4S. The summed E-state index contributed by atoms with van der Waals surface area (Å²) in [5.41, 5.74) is 3.23. The zero-order valence-corrected chi connectivity index (χ0v) is 19.9. The number of carbonyl (C=O) groups is 3. The lowest BCUT2D eigenvalue weighted by molar-refractivity contribution is -0.127. The molecule has 0 atom stereocenters. The van der Waals surface area contributed by atoms with E-state index in [2.05, 4.69) is 5.32 Å². The predicted molar refractivity (Wildman–Crippen MR) is 135 cm³/mol. The quantitative estimate of drug-likeness (QED) is 0.415.